The minimum absolute atomic E-state index is 0.325. The normalized spacial score (nSPS) is 12.4. The number of rotatable bonds is 6. The monoisotopic (exact) mass is 358 g/mol. The van der Waals surface area contributed by atoms with Crippen molar-refractivity contribution in [2.75, 3.05) is 12.4 Å². The SMILES string of the molecule is CCOC(=O)C(C)Sc1nnc(-c2c(Cl)c(CC)nn2C)n1N. The molecular formula is C13H19ClN6O2S. The molecule has 0 saturated heterocycles. The van der Waals surface area contributed by atoms with Crippen LogP contribution in [0, 0.1) is 0 Å². The van der Waals surface area contributed by atoms with Crippen molar-refractivity contribution in [2.24, 2.45) is 7.05 Å². The molecule has 0 saturated carbocycles. The third-order valence-electron chi connectivity index (χ3n) is 3.17. The lowest BCUT2D eigenvalue weighted by atomic mass is 10.3. The summed E-state index contributed by atoms with van der Waals surface area (Å²) < 4.78 is 7.90. The van der Waals surface area contributed by atoms with Crippen LogP contribution in [0.2, 0.25) is 5.02 Å². The van der Waals surface area contributed by atoms with E-state index >= 15 is 0 Å². The van der Waals surface area contributed by atoms with Crippen molar-refractivity contribution in [2.45, 2.75) is 37.6 Å². The minimum Gasteiger partial charge on any atom is -0.465 e. The van der Waals surface area contributed by atoms with Gasteiger partial charge in [0.25, 0.3) is 0 Å². The Morgan fingerprint density at radius 3 is 2.70 bits per heavy atom. The highest BCUT2D eigenvalue weighted by atomic mass is 35.5. The number of aromatic nitrogens is 5. The zero-order valence-electron chi connectivity index (χ0n) is 13.4. The first-order valence-electron chi connectivity index (χ1n) is 7.16. The molecule has 8 nitrogen and oxygen atoms in total. The number of carbonyl (C=O) groups excluding carboxylic acids is 1. The maximum atomic E-state index is 11.7. The van der Waals surface area contributed by atoms with Crippen LogP contribution in [0.15, 0.2) is 5.16 Å². The number of nitrogens with zero attached hydrogens (tertiary/aromatic N) is 5. The first kappa shape index (κ1) is 17.6. The Morgan fingerprint density at radius 1 is 1.43 bits per heavy atom. The van der Waals surface area contributed by atoms with Gasteiger partial charge >= 0.3 is 5.97 Å². The predicted molar refractivity (Wildman–Crippen MR) is 88.7 cm³/mol. The third kappa shape index (κ3) is 3.45. The molecule has 0 aromatic carbocycles. The molecule has 2 aromatic rings. The van der Waals surface area contributed by atoms with Crippen LogP contribution >= 0.6 is 23.4 Å². The summed E-state index contributed by atoms with van der Waals surface area (Å²) in [4.78, 5) is 11.7. The fourth-order valence-electron chi connectivity index (χ4n) is 2.01. The number of hydrogen-bond acceptors (Lipinski definition) is 7. The van der Waals surface area contributed by atoms with Gasteiger partial charge in [-0.05, 0) is 20.3 Å². The summed E-state index contributed by atoms with van der Waals surface area (Å²) in [5.74, 6) is 6.13. The van der Waals surface area contributed by atoms with E-state index < -0.39 is 5.25 Å². The Balaban J connectivity index is 2.30. The standard InChI is InChI=1S/C13H19ClN6O2S/c1-5-8-9(14)10(19(4)18-8)11-16-17-13(20(11)15)23-7(3)12(21)22-6-2/h7H,5-6,15H2,1-4H3. The first-order chi connectivity index (χ1) is 10.9. The van der Waals surface area contributed by atoms with E-state index in [9.17, 15) is 4.79 Å². The van der Waals surface area contributed by atoms with Gasteiger partial charge in [-0.25, -0.2) is 4.68 Å². The quantitative estimate of drug-likeness (QED) is 0.476. The van der Waals surface area contributed by atoms with Crippen molar-refractivity contribution in [1.29, 1.82) is 0 Å². The first-order valence-corrected chi connectivity index (χ1v) is 8.41. The molecule has 0 aliphatic rings. The van der Waals surface area contributed by atoms with Gasteiger partial charge in [0.2, 0.25) is 11.0 Å². The third-order valence-corrected chi connectivity index (χ3v) is 4.60. The van der Waals surface area contributed by atoms with Gasteiger partial charge in [-0.1, -0.05) is 30.3 Å². The van der Waals surface area contributed by atoms with Crippen LogP contribution < -0.4 is 5.84 Å². The van der Waals surface area contributed by atoms with Crippen molar-refractivity contribution in [3.05, 3.63) is 10.7 Å². The van der Waals surface area contributed by atoms with Crippen molar-refractivity contribution >= 4 is 29.3 Å². The van der Waals surface area contributed by atoms with Crippen LogP contribution in [-0.2, 0) is 23.0 Å². The molecule has 0 amide bonds. The van der Waals surface area contributed by atoms with Crippen LogP contribution in [0.4, 0.5) is 0 Å². The summed E-state index contributed by atoms with van der Waals surface area (Å²) >= 11 is 7.52. The Kier molecular flexibility index (Phi) is 5.53. The highest BCUT2D eigenvalue weighted by molar-refractivity contribution is 8.00. The number of esters is 1. The molecule has 2 aromatic heterocycles. The second kappa shape index (κ2) is 7.22. The van der Waals surface area contributed by atoms with Gasteiger partial charge in [0.1, 0.15) is 10.9 Å². The maximum Gasteiger partial charge on any atom is 0.319 e. The van der Waals surface area contributed by atoms with E-state index in [1.807, 2.05) is 6.92 Å². The Morgan fingerprint density at radius 2 is 2.13 bits per heavy atom. The molecule has 0 aliphatic carbocycles. The Labute approximate surface area is 143 Å². The van der Waals surface area contributed by atoms with Crippen molar-refractivity contribution in [3.63, 3.8) is 0 Å². The molecule has 10 heteroatoms. The molecular weight excluding hydrogens is 340 g/mol. The Hall–Kier alpha value is -1.74. The van der Waals surface area contributed by atoms with E-state index in [-0.39, 0.29) is 5.97 Å². The number of nitrogen functional groups attached to an aromatic ring is 1. The smallest absolute Gasteiger partial charge is 0.319 e. The topological polar surface area (TPSA) is 101 Å². The molecule has 2 rings (SSSR count). The van der Waals surface area contributed by atoms with Crippen molar-refractivity contribution in [3.8, 4) is 11.5 Å². The largest absolute Gasteiger partial charge is 0.465 e. The lowest BCUT2D eigenvalue weighted by molar-refractivity contribution is -0.142. The molecule has 0 fully saturated rings. The molecule has 0 bridgehead atoms. The molecule has 1 atom stereocenters. The highest BCUT2D eigenvalue weighted by Crippen LogP contribution is 2.31. The van der Waals surface area contributed by atoms with E-state index in [1.165, 1.54) is 16.4 Å². The van der Waals surface area contributed by atoms with Gasteiger partial charge in [0, 0.05) is 7.05 Å². The molecule has 2 N–H and O–H groups in total. The minimum atomic E-state index is -0.442. The summed E-state index contributed by atoms with van der Waals surface area (Å²) in [5.41, 5.74) is 1.36. The molecule has 2 heterocycles. The fraction of sp³-hybridized carbons (Fsp3) is 0.538. The average Bonchev–Trinajstić information content (AvgIpc) is 3.00. The van der Waals surface area contributed by atoms with Crippen LogP contribution in [0.3, 0.4) is 0 Å². The summed E-state index contributed by atoms with van der Waals surface area (Å²) in [6, 6.07) is 0. The predicted octanol–water partition coefficient (Wildman–Crippen LogP) is 1.65. The summed E-state index contributed by atoms with van der Waals surface area (Å²) in [7, 11) is 1.77. The molecule has 126 valence electrons. The van der Waals surface area contributed by atoms with E-state index in [2.05, 4.69) is 15.3 Å². The molecule has 23 heavy (non-hydrogen) atoms. The zero-order chi connectivity index (χ0) is 17.1. The van der Waals surface area contributed by atoms with Crippen LogP contribution in [0.1, 0.15) is 26.5 Å². The van der Waals surface area contributed by atoms with E-state index in [0.717, 1.165) is 5.69 Å². The molecule has 0 radical (unpaired) electrons. The summed E-state index contributed by atoms with van der Waals surface area (Å²) in [6.07, 6.45) is 0.701. The maximum absolute atomic E-state index is 11.7. The second-order valence-corrected chi connectivity index (χ2v) is 6.46. The molecule has 0 aliphatic heterocycles. The number of nitrogens with two attached hydrogens (primary N) is 1. The number of ether oxygens (including phenoxy) is 1. The molecule has 0 spiro atoms. The van der Waals surface area contributed by atoms with E-state index in [0.29, 0.717) is 34.7 Å². The molecule has 1 unspecified atom stereocenters. The summed E-state index contributed by atoms with van der Waals surface area (Å²) in [5, 5.41) is 12.9. The zero-order valence-corrected chi connectivity index (χ0v) is 15.0. The second-order valence-electron chi connectivity index (χ2n) is 4.77. The van der Waals surface area contributed by atoms with Crippen molar-refractivity contribution < 1.29 is 9.53 Å². The fourth-order valence-corrected chi connectivity index (χ4v) is 3.15. The number of thioether (sulfide) groups is 1. The summed E-state index contributed by atoms with van der Waals surface area (Å²) in [6.45, 7) is 5.78. The van der Waals surface area contributed by atoms with E-state index in [4.69, 9.17) is 22.2 Å². The van der Waals surface area contributed by atoms with Crippen LogP contribution in [0.5, 0.6) is 0 Å². The van der Waals surface area contributed by atoms with Gasteiger partial charge in [-0.15, -0.1) is 10.2 Å². The van der Waals surface area contributed by atoms with Gasteiger partial charge < -0.3 is 10.6 Å². The van der Waals surface area contributed by atoms with Crippen molar-refractivity contribution in [1.82, 2.24) is 24.7 Å². The van der Waals surface area contributed by atoms with Gasteiger partial charge in [0.15, 0.2) is 0 Å². The van der Waals surface area contributed by atoms with Crippen LogP contribution in [0.25, 0.3) is 11.5 Å². The van der Waals surface area contributed by atoms with Crippen LogP contribution in [-0.4, -0.2) is 42.5 Å². The van der Waals surface area contributed by atoms with Gasteiger partial charge in [-0.2, -0.15) is 5.10 Å². The van der Waals surface area contributed by atoms with Gasteiger partial charge in [0.05, 0.1) is 17.3 Å². The van der Waals surface area contributed by atoms with E-state index in [1.54, 1.807) is 25.6 Å². The number of carbonyl (C=O) groups is 1. The lowest BCUT2D eigenvalue weighted by Gasteiger charge is -2.09. The average molecular weight is 359 g/mol. The Bertz CT molecular complexity index is 714. The highest BCUT2D eigenvalue weighted by Gasteiger charge is 2.24. The number of hydrogen-bond donors (Lipinski definition) is 1. The van der Waals surface area contributed by atoms with Gasteiger partial charge in [-0.3, -0.25) is 9.48 Å². The number of halogens is 1. The lowest BCUT2D eigenvalue weighted by Crippen LogP contribution is -2.19. The number of aryl methyl sites for hydroxylation is 2.